The van der Waals surface area contributed by atoms with Gasteiger partial charge in [-0.15, -0.1) is 11.3 Å². The molecule has 0 radical (unpaired) electrons. The van der Waals surface area contributed by atoms with Gasteiger partial charge in [-0.2, -0.15) is 0 Å². The third-order valence-electron chi connectivity index (χ3n) is 4.76. The van der Waals surface area contributed by atoms with Gasteiger partial charge in [0.2, 0.25) is 0 Å². The SMILES string of the molecule is CCOC(=O)c1c(-c2ccccc2)csc1NC(=O)COc1cc(C)ccc1C(C)C. The maximum Gasteiger partial charge on any atom is 0.341 e. The van der Waals surface area contributed by atoms with Crippen LogP contribution in [-0.4, -0.2) is 25.1 Å². The van der Waals surface area contributed by atoms with Gasteiger partial charge in [0.05, 0.1) is 6.61 Å². The van der Waals surface area contributed by atoms with Crippen molar-refractivity contribution in [1.29, 1.82) is 0 Å². The number of rotatable bonds is 8. The zero-order valence-corrected chi connectivity index (χ0v) is 19.0. The summed E-state index contributed by atoms with van der Waals surface area (Å²) in [5.41, 5.74) is 4.11. The van der Waals surface area contributed by atoms with Crippen molar-refractivity contribution in [2.75, 3.05) is 18.5 Å². The molecule has 2 aromatic carbocycles. The molecule has 0 aliphatic carbocycles. The van der Waals surface area contributed by atoms with Gasteiger partial charge < -0.3 is 14.8 Å². The minimum Gasteiger partial charge on any atom is -0.483 e. The first-order valence-corrected chi connectivity index (χ1v) is 11.2. The predicted octanol–water partition coefficient (Wildman–Crippen LogP) is 6.04. The number of amides is 1. The van der Waals surface area contributed by atoms with Crippen molar-refractivity contribution in [2.45, 2.75) is 33.6 Å². The molecule has 3 rings (SSSR count). The highest BCUT2D eigenvalue weighted by molar-refractivity contribution is 7.15. The molecular formula is C25H27NO4S. The maximum absolute atomic E-state index is 12.6. The van der Waals surface area contributed by atoms with Crippen LogP contribution in [-0.2, 0) is 9.53 Å². The van der Waals surface area contributed by atoms with Crippen molar-refractivity contribution >= 4 is 28.2 Å². The Morgan fingerprint density at radius 1 is 1.10 bits per heavy atom. The third-order valence-corrected chi connectivity index (χ3v) is 5.65. The summed E-state index contributed by atoms with van der Waals surface area (Å²) in [5, 5.41) is 5.14. The Morgan fingerprint density at radius 3 is 2.52 bits per heavy atom. The zero-order chi connectivity index (χ0) is 22.4. The Labute approximate surface area is 187 Å². The van der Waals surface area contributed by atoms with Crippen LogP contribution in [0.4, 0.5) is 5.00 Å². The first-order chi connectivity index (χ1) is 14.9. The number of nitrogens with one attached hydrogen (secondary N) is 1. The van der Waals surface area contributed by atoms with Crippen molar-refractivity contribution in [3.8, 4) is 16.9 Å². The van der Waals surface area contributed by atoms with Crippen LogP contribution in [0.25, 0.3) is 11.1 Å². The molecule has 1 N–H and O–H groups in total. The van der Waals surface area contributed by atoms with Crippen LogP contribution < -0.4 is 10.1 Å². The summed E-state index contributed by atoms with van der Waals surface area (Å²) in [6.07, 6.45) is 0. The topological polar surface area (TPSA) is 64.6 Å². The normalized spacial score (nSPS) is 10.7. The molecule has 0 aliphatic rings. The van der Waals surface area contributed by atoms with E-state index >= 15 is 0 Å². The fraction of sp³-hybridized carbons (Fsp3) is 0.280. The fourth-order valence-electron chi connectivity index (χ4n) is 3.24. The molecule has 0 saturated heterocycles. The molecular weight excluding hydrogens is 410 g/mol. The van der Waals surface area contributed by atoms with Crippen LogP contribution >= 0.6 is 11.3 Å². The number of carbonyl (C=O) groups excluding carboxylic acids is 2. The highest BCUT2D eigenvalue weighted by Gasteiger charge is 2.23. The van der Waals surface area contributed by atoms with Gasteiger partial charge in [0.15, 0.2) is 6.61 Å². The molecule has 0 atom stereocenters. The summed E-state index contributed by atoms with van der Waals surface area (Å²) in [6, 6.07) is 15.6. The lowest BCUT2D eigenvalue weighted by atomic mass is 10.0. The molecule has 31 heavy (non-hydrogen) atoms. The lowest BCUT2D eigenvalue weighted by Crippen LogP contribution is -2.21. The number of aryl methyl sites for hydroxylation is 1. The van der Waals surface area contributed by atoms with Gasteiger partial charge in [0.1, 0.15) is 16.3 Å². The maximum atomic E-state index is 12.6. The number of esters is 1. The van der Waals surface area contributed by atoms with Gasteiger partial charge in [-0.25, -0.2) is 4.79 Å². The molecule has 3 aromatic rings. The van der Waals surface area contributed by atoms with Gasteiger partial charge in [-0.3, -0.25) is 4.79 Å². The average Bonchev–Trinajstić information content (AvgIpc) is 3.16. The Hall–Kier alpha value is -3.12. The lowest BCUT2D eigenvalue weighted by Gasteiger charge is -2.15. The minimum atomic E-state index is -0.459. The van der Waals surface area contributed by atoms with E-state index in [1.807, 2.05) is 60.8 Å². The Balaban J connectivity index is 1.80. The number of benzene rings is 2. The van der Waals surface area contributed by atoms with Crippen molar-refractivity contribution in [3.05, 3.63) is 70.6 Å². The molecule has 1 heterocycles. The number of anilines is 1. The van der Waals surface area contributed by atoms with Crippen molar-refractivity contribution in [1.82, 2.24) is 0 Å². The number of ether oxygens (including phenoxy) is 2. The summed E-state index contributed by atoms with van der Waals surface area (Å²) < 4.78 is 11.1. The second kappa shape index (κ2) is 10.3. The molecule has 0 aliphatic heterocycles. The number of hydrogen-bond donors (Lipinski definition) is 1. The second-order valence-electron chi connectivity index (χ2n) is 7.47. The molecule has 1 aromatic heterocycles. The standard InChI is InChI=1S/C25H27NO4S/c1-5-29-25(28)23-20(18-9-7-6-8-10-18)15-31-24(23)26-22(27)14-30-21-13-17(4)11-12-19(21)16(2)3/h6-13,15-16H,5,14H2,1-4H3,(H,26,27). The van der Waals surface area contributed by atoms with Crippen LogP contribution in [0.15, 0.2) is 53.9 Å². The van der Waals surface area contributed by atoms with E-state index in [0.29, 0.717) is 16.3 Å². The summed E-state index contributed by atoms with van der Waals surface area (Å²) in [7, 11) is 0. The van der Waals surface area contributed by atoms with Crippen LogP contribution in [0.5, 0.6) is 5.75 Å². The van der Waals surface area contributed by atoms with Crippen molar-refractivity contribution in [2.24, 2.45) is 0 Å². The number of carbonyl (C=O) groups is 2. The number of thiophene rings is 1. The fourth-order valence-corrected chi connectivity index (χ4v) is 4.21. The van der Waals surface area contributed by atoms with E-state index in [2.05, 4.69) is 19.2 Å². The molecule has 0 spiro atoms. The first kappa shape index (κ1) is 22.6. The predicted molar refractivity (Wildman–Crippen MR) is 125 cm³/mol. The Kier molecular flexibility index (Phi) is 7.47. The highest BCUT2D eigenvalue weighted by Crippen LogP contribution is 2.36. The molecule has 5 nitrogen and oxygen atoms in total. The quantitative estimate of drug-likeness (QED) is 0.436. The van der Waals surface area contributed by atoms with E-state index in [1.54, 1.807) is 6.92 Å². The van der Waals surface area contributed by atoms with Crippen LogP contribution in [0.1, 0.15) is 48.2 Å². The Morgan fingerprint density at radius 2 is 1.84 bits per heavy atom. The average molecular weight is 438 g/mol. The molecule has 6 heteroatoms. The molecule has 0 fully saturated rings. The van der Waals surface area contributed by atoms with Crippen molar-refractivity contribution < 1.29 is 19.1 Å². The lowest BCUT2D eigenvalue weighted by molar-refractivity contribution is -0.118. The Bertz CT molecular complexity index is 1060. The zero-order valence-electron chi connectivity index (χ0n) is 18.2. The van der Waals surface area contributed by atoms with Crippen LogP contribution in [0.3, 0.4) is 0 Å². The van der Waals surface area contributed by atoms with E-state index in [9.17, 15) is 9.59 Å². The largest absolute Gasteiger partial charge is 0.483 e. The molecule has 1 amide bonds. The summed E-state index contributed by atoms with van der Waals surface area (Å²) in [6.45, 7) is 8.01. The van der Waals surface area contributed by atoms with Gasteiger partial charge >= 0.3 is 5.97 Å². The van der Waals surface area contributed by atoms with E-state index < -0.39 is 5.97 Å². The van der Waals surface area contributed by atoms with E-state index in [1.165, 1.54) is 11.3 Å². The van der Waals surface area contributed by atoms with Gasteiger partial charge in [0.25, 0.3) is 5.91 Å². The van der Waals surface area contributed by atoms with Crippen LogP contribution in [0.2, 0.25) is 0 Å². The summed E-state index contributed by atoms with van der Waals surface area (Å²) in [5.74, 6) is 0.189. The van der Waals surface area contributed by atoms with E-state index in [-0.39, 0.29) is 25.0 Å². The molecule has 162 valence electrons. The monoisotopic (exact) mass is 437 g/mol. The van der Waals surface area contributed by atoms with E-state index in [0.717, 1.165) is 22.3 Å². The minimum absolute atomic E-state index is 0.149. The summed E-state index contributed by atoms with van der Waals surface area (Å²) in [4.78, 5) is 25.3. The third kappa shape index (κ3) is 5.52. The number of hydrogen-bond acceptors (Lipinski definition) is 5. The van der Waals surface area contributed by atoms with Gasteiger partial charge in [-0.1, -0.05) is 56.3 Å². The van der Waals surface area contributed by atoms with Crippen LogP contribution in [0, 0.1) is 6.92 Å². The summed E-state index contributed by atoms with van der Waals surface area (Å²) >= 11 is 1.30. The van der Waals surface area contributed by atoms with E-state index in [4.69, 9.17) is 9.47 Å². The smallest absolute Gasteiger partial charge is 0.341 e. The van der Waals surface area contributed by atoms with Gasteiger partial charge in [-0.05, 0) is 42.5 Å². The molecule has 0 bridgehead atoms. The first-order valence-electron chi connectivity index (χ1n) is 10.3. The second-order valence-corrected chi connectivity index (χ2v) is 8.35. The molecule has 0 unspecified atom stereocenters. The highest BCUT2D eigenvalue weighted by atomic mass is 32.1. The van der Waals surface area contributed by atoms with Crippen molar-refractivity contribution in [3.63, 3.8) is 0 Å². The molecule has 0 saturated carbocycles. The van der Waals surface area contributed by atoms with Gasteiger partial charge in [0, 0.05) is 10.9 Å².